The van der Waals surface area contributed by atoms with E-state index in [1.54, 1.807) is 6.33 Å². The summed E-state index contributed by atoms with van der Waals surface area (Å²) < 4.78 is 7.25. The first-order valence-corrected chi connectivity index (χ1v) is 8.49. The van der Waals surface area contributed by atoms with Crippen molar-refractivity contribution in [3.63, 3.8) is 0 Å². The van der Waals surface area contributed by atoms with Crippen molar-refractivity contribution in [1.29, 1.82) is 0 Å². The average molecular weight is 350 g/mol. The molecular weight excluding hydrogens is 324 g/mol. The van der Waals surface area contributed by atoms with Gasteiger partial charge in [0.15, 0.2) is 0 Å². The van der Waals surface area contributed by atoms with Gasteiger partial charge >= 0.3 is 5.97 Å². The van der Waals surface area contributed by atoms with Crippen molar-refractivity contribution in [2.24, 2.45) is 30.7 Å². The summed E-state index contributed by atoms with van der Waals surface area (Å²) in [6.45, 7) is 6.84. The average Bonchev–Trinajstić information content (AvgIpc) is 3.14. The van der Waals surface area contributed by atoms with Crippen LogP contribution in [0.25, 0.3) is 0 Å². The largest absolute Gasteiger partial charge is 0.483 e. The van der Waals surface area contributed by atoms with Crippen LogP contribution < -0.4 is 0 Å². The number of fused-ring (bicyclic) bond motifs is 1. The van der Waals surface area contributed by atoms with Gasteiger partial charge in [0, 0.05) is 20.1 Å². The molecular formula is C17H26N4O4. The monoisotopic (exact) mass is 350 g/mol. The second-order valence-corrected chi connectivity index (χ2v) is 6.51. The number of allylic oxidation sites excluding steroid dienone is 1. The number of aryl methyl sites for hydroxylation is 1. The molecule has 1 aliphatic carbocycles. The normalized spacial score (nSPS) is 28.0. The van der Waals surface area contributed by atoms with Crippen LogP contribution >= 0.6 is 0 Å². The molecule has 0 spiro atoms. The molecule has 0 unspecified atom stereocenters. The Labute approximate surface area is 147 Å². The lowest BCUT2D eigenvalue weighted by Crippen LogP contribution is -2.37. The molecule has 1 aromatic rings. The third-order valence-electron chi connectivity index (χ3n) is 4.91. The number of aromatic nitrogens is 3. The van der Waals surface area contributed by atoms with E-state index in [1.165, 1.54) is 0 Å². The lowest BCUT2D eigenvalue weighted by Gasteiger charge is -2.32. The number of hydrogen-bond donors (Lipinski definition) is 1. The van der Waals surface area contributed by atoms with Crippen molar-refractivity contribution in [1.82, 2.24) is 19.7 Å². The van der Waals surface area contributed by atoms with Crippen molar-refractivity contribution in [3.05, 3.63) is 24.3 Å². The Kier molecular flexibility index (Phi) is 6.69. The summed E-state index contributed by atoms with van der Waals surface area (Å²) in [5.74, 6) is 1.90. The summed E-state index contributed by atoms with van der Waals surface area (Å²) in [5, 5.41) is 15.0. The molecule has 1 aliphatic heterocycles. The van der Waals surface area contributed by atoms with E-state index in [4.69, 9.17) is 14.6 Å². The summed E-state index contributed by atoms with van der Waals surface area (Å²) in [7, 11) is 1.96. The lowest BCUT2D eigenvalue weighted by molar-refractivity contribution is -0.152. The molecule has 8 nitrogen and oxygen atoms in total. The topological polar surface area (TPSA) is 97.5 Å². The number of carboxylic acid groups (broad SMARTS) is 1. The Morgan fingerprint density at radius 1 is 1.44 bits per heavy atom. The van der Waals surface area contributed by atoms with Gasteiger partial charge in [0.1, 0.15) is 12.2 Å². The second-order valence-electron chi connectivity index (χ2n) is 6.51. The summed E-state index contributed by atoms with van der Waals surface area (Å²) in [5.41, 5.74) is 0. The Morgan fingerprint density at radius 2 is 2.16 bits per heavy atom. The van der Waals surface area contributed by atoms with Crippen LogP contribution in [0, 0.1) is 23.7 Å². The van der Waals surface area contributed by atoms with Gasteiger partial charge in [-0.3, -0.25) is 14.5 Å². The molecule has 0 saturated carbocycles. The lowest BCUT2D eigenvalue weighted by atomic mass is 9.72. The number of ether oxygens (including phenoxy) is 1. The Bertz CT molecular complexity index is 616. The third-order valence-corrected chi connectivity index (χ3v) is 4.91. The van der Waals surface area contributed by atoms with E-state index in [9.17, 15) is 4.79 Å². The zero-order valence-electron chi connectivity index (χ0n) is 14.9. The predicted molar refractivity (Wildman–Crippen MR) is 90.4 cm³/mol. The van der Waals surface area contributed by atoms with Gasteiger partial charge in [-0.05, 0) is 24.7 Å². The van der Waals surface area contributed by atoms with Crippen LogP contribution in [-0.4, -0.2) is 56.9 Å². The van der Waals surface area contributed by atoms with Crippen LogP contribution in [0.2, 0.25) is 0 Å². The highest BCUT2D eigenvalue weighted by Gasteiger charge is 2.44. The highest BCUT2D eigenvalue weighted by Crippen LogP contribution is 2.40. The highest BCUT2D eigenvalue weighted by atomic mass is 16.5. The molecule has 4 atom stereocenters. The Hall–Kier alpha value is -2.22. The van der Waals surface area contributed by atoms with E-state index in [0.717, 1.165) is 25.5 Å². The molecule has 0 aromatic carbocycles. The van der Waals surface area contributed by atoms with Crippen molar-refractivity contribution in [3.8, 4) is 0 Å². The molecule has 1 aromatic heterocycles. The van der Waals surface area contributed by atoms with Crippen LogP contribution in [-0.2, 0) is 27.9 Å². The summed E-state index contributed by atoms with van der Waals surface area (Å²) in [4.78, 5) is 23.1. The van der Waals surface area contributed by atoms with Gasteiger partial charge in [-0.1, -0.05) is 19.1 Å². The summed E-state index contributed by atoms with van der Waals surface area (Å²) >= 11 is 0. The van der Waals surface area contributed by atoms with E-state index < -0.39 is 0 Å². The van der Waals surface area contributed by atoms with Crippen LogP contribution in [0.3, 0.4) is 0 Å². The molecule has 138 valence electrons. The van der Waals surface area contributed by atoms with Gasteiger partial charge in [0.25, 0.3) is 6.47 Å². The second kappa shape index (κ2) is 8.75. The number of carbonyl (C=O) groups excluding carboxylic acids is 1. The maximum Gasteiger partial charge on any atom is 0.309 e. The van der Waals surface area contributed by atoms with E-state index in [0.29, 0.717) is 18.4 Å². The minimum Gasteiger partial charge on any atom is -0.483 e. The van der Waals surface area contributed by atoms with E-state index in [1.807, 2.05) is 18.5 Å². The fourth-order valence-corrected chi connectivity index (χ4v) is 3.76. The van der Waals surface area contributed by atoms with Gasteiger partial charge in [-0.25, -0.2) is 0 Å². The van der Waals surface area contributed by atoms with Gasteiger partial charge in [-0.2, -0.15) is 0 Å². The van der Waals surface area contributed by atoms with Gasteiger partial charge in [0.05, 0.1) is 19.1 Å². The number of nitrogens with zero attached hydrogens (tertiary/aromatic N) is 4. The van der Waals surface area contributed by atoms with Crippen molar-refractivity contribution in [2.75, 3.05) is 19.7 Å². The van der Waals surface area contributed by atoms with Gasteiger partial charge < -0.3 is 14.4 Å². The predicted octanol–water partition coefficient (Wildman–Crippen LogP) is 0.949. The molecule has 25 heavy (non-hydrogen) atoms. The number of carbonyl (C=O) groups is 2. The van der Waals surface area contributed by atoms with E-state index in [-0.39, 0.29) is 24.3 Å². The molecule has 2 heterocycles. The summed E-state index contributed by atoms with van der Waals surface area (Å²) in [6, 6.07) is 0. The smallest absolute Gasteiger partial charge is 0.309 e. The zero-order valence-corrected chi connectivity index (χ0v) is 14.9. The van der Waals surface area contributed by atoms with E-state index in [2.05, 4.69) is 34.2 Å². The maximum atomic E-state index is 12.3. The molecule has 1 saturated heterocycles. The third kappa shape index (κ3) is 4.45. The van der Waals surface area contributed by atoms with Crippen LogP contribution in [0.5, 0.6) is 0 Å². The first-order chi connectivity index (χ1) is 12.0. The van der Waals surface area contributed by atoms with Crippen LogP contribution in [0.1, 0.15) is 19.7 Å². The number of likely N-dealkylation sites (tertiary alicyclic amines) is 1. The fourth-order valence-electron chi connectivity index (χ4n) is 3.76. The fraction of sp³-hybridized carbons (Fsp3) is 0.647. The number of esters is 1. The minimum absolute atomic E-state index is 0.0283. The molecule has 8 heteroatoms. The molecule has 0 amide bonds. The van der Waals surface area contributed by atoms with Crippen molar-refractivity contribution < 1.29 is 19.4 Å². The minimum atomic E-state index is -0.250. The zero-order chi connectivity index (χ0) is 18.4. The van der Waals surface area contributed by atoms with Crippen molar-refractivity contribution >= 4 is 12.4 Å². The number of hydrogen-bond acceptors (Lipinski definition) is 6. The molecule has 0 bridgehead atoms. The number of rotatable bonds is 4. The van der Waals surface area contributed by atoms with E-state index >= 15 is 0 Å². The first-order valence-electron chi connectivity index (χ1n) is 8.49. The van der Waals surface area contributed by atoms with Crippen LogP contribution in [0.4, 0.5) is 0 Å². The first kappa shape index (κ1) is 19.1. The molecule has 1 fully saturated rings. The Balaban J connectivity index is 0.000000701. The maximum absolute atomic E-state index is 12.3. The molecule has 1 N–H and O–H groups in total. The van der Waals surface area contributed by atoms with Crippen LogP contribution in [0.15, 0.2) is 18.5 Å². The molecule has 2 aliphatic rings. The van der Waals surface area contributed by atoms with Gasteiger partial charge in [0.2, 0.25) is 0 Å². The van der Waals surface area contributed by atoms with Gasteiger partial charge in [-0.15, -0.1) is 10.2 Å². The quantitative estimate of drug-likeness (QED) is 0.490. The summed E-state index contributed by atoms with van der Waals surface area (Å²) in [6.07, 6.45) is 6.18. The Morgan fingerprint density at radius 3 is 2.76 bits per heavy atom. The SMILES string of the molecule is CCOC(=O)[C@H]1[C@@H]2CN(Cc3nncn3C)C[C@@H]2C=C[C@@H]1C.O=CO. The van der Waals surface area contributed by atoms with Crippen molar-refractivity contribution in [2.45, 2.75) is 20.4 Å². The highest BCUT2D eigenvalue weighted by molar-refractivity contribution is 5.74. The molecule has 0 radical (unpaired) electrons. The molecule has 3 rings (SSSR count). The standard InChI is InChI=1S/C16H24N4O2.CH2O2/c1-4-22-16(21)15-11(2)5-6-12-7-20(8-13(12)15)9-14-18-17-10-19(14)3;2-1-3/h5-6,10-13,15H,4,7-9H2,1-3H3;1H,(H,2,3)/t11-,12-,13+,15+;/m0./s1.